The number of rotatable bonds is 5. The summed E-state index contributed by atoms with van der Waals surface area (Å²) in [4.78, 5) is 16.4. The van der Waals surface area contributed by atoms with Crippen LogP contribution in [-0.4, -0.2) is 22.7 Å². The van der Waals surface area contributed by atoms with Gasteiger partial charge >= 0.3 is 6.03 Å². The maximum atomic E-state index is 12.1. The average molecular weight is 322 g/mol. The molecular weight excluding hydrogens is 300 g/mol. The molecule has 2 amide bonds. The molecule has 1 atom stereocenters. The zero-order valence-corrected chi connectivity index (χ0v) is 14.4. The van der Waals surface area contributed by atoms with Gasteiger partial charge in [-0.15, -0.1) is 11.3 Å². The van der Waals surface area contributed by atoms with Crippen molar-refractivity contribution >= 4 is 17.4 Å². The topological polar surface area (TPSA) is 80.0 Å². The predicted molar refractivity (Wildman–Crippen MR) is 86.1 cm³/mol. The van der Waals surface area contributed by atoms with Gasteiger partial charge in [-0.3, -0.25) is 0 Å². The Morgan fingerprint density at radius 3 is 2.73 bits per heavy atom. The van der Waals surface area contributed by atoms with Gasteiger partial charge < -0.3 is 15.2 Å². The Kier molecular flexibility index (Phi) is 4.85. The van der Waals surface area contributed by atoms with Crippen LogP contribution in [0.15, 0.2) is 16.1 Å². The number of urea groups is 1. The third kappa shape index (κ3) is 3.65. The zero-order chi connectivity index (χ0) is 16.3. The Bertz CT molecular complexity index is 615. The Morgan fingerprint density at radius 2 is 2.18 bits per heavy atom. The summed E-state index contributed by atoms with van der Waals surface area (Å²) in [5.41, 5.74) is 1.43. The molecule has 0 saturated carbocycles. The Morgan fingerprint density at radius 1 is 1.45 bits per heavy atom. The number of aryl methyl sites for hydroxylation is 2. The molecule has 6 nitrogen and oxygen atoms in total. The molecule has 120 valence electrons. The molecule has 2 rings (SSSR count). The van der Waals surface area contributed by atoms with Crippen molar-refractivity contribution < 1.29 is 9.32 Å². The maximum absolute atomic E-state index is 12.1. The van der Waals surface area contributed by atoms with Crippen LogP contribution in [0.4, 0.5) is 4.79 Å². The Labute approximate surface area is 134 Å². The number of carbonyl (C=O) groups excluding carboxylic acids is 1. The maximum Gasteiger partial charge on any atom is 0.315 e. The van der Waals surface area contributed by atoms with E-state index in [2.05, 4.69) is 20.8 Å². The van der Waals surface area contributed by atoms with E-state index >= 15 is 0 Å². The van der Waals surface area contributed by atoms with Crippen molar-refractivity contribution in [3.63, 3.8) is 0 Å². The normalized spacial score (nSPS) is 13.0. The summed E-state index contributed by atoms with van der Waals surface area (Å²) in [6, 6.07) is -0.209. The van der Waals surface area contributed by atoms with E-state index in [0.717, 1.165) is 22.0 Å². The van der Waals surface area contributed by atoms with Crippen molar-refractivity contribution in [1.82, 2.24) is 20.8 Å². The fourth-order valence-electron chi connectivity index (χ4n) is 2.46. The average Bonchev–Trinajstić information content (AvgIpc) is 3.06. The first kappa shape index (κ1) is 16.5. The Hall–Kier alpha value is -1.89. The lowest BCUT2D eigenvalue weighted by atomic mass is 10.00. The second-order valence-corrected chi connectivity index (χ2v) is 6.83. The number of hydrogen-bond acceptors (Lipinski definition) is 5. The van der Waals surface area contributed by atoms with Gasteiger partial charge in [0, 0.05) is 29.6 Å². The fraction of sp³-hybridized carbons (Fsp3) is 0.533. The number of amides is 2. The standard InChI is InChI=1S/C15H22N4O2S/c1-9(12-10(2)19-21-11(12)3)8-17-14(20)18-15(4,5)13-16-6-7-22-13/h6-7,9H,8H2,1-5H3,(H2,17,18,20)/t9-/m1/s1. The SMILES string of the molecule is Cc1noc(C)c1[C@H](C)CNC(=O)NC(C)(C)c1nccs1. The van der Waals surface area contributed by atoms with Gasteiger partial charge in [-0.25, -0.2) is 9.78 Å². The van der Waals surface area contributed by atoms with Gasteiger partial charge in [0.05, 0.1) is 11.2 Å². The van der Waals surface area contributed by atoms with Gasteiger partial charge in [0.15, 0.2) is 0 Å². The van der Waals surface area contributed by atoms with Gasteiger partial charge in [-0.2, -0.15) is 0 Å². The zero-order valence-electron chi connectivity index (χ0n) is 13.6. The molecular formula is C15H22N4O2S. The van der Waals surface area contributed by atoms with Crippen LogP contribution in [0.25, 0.3) is 0 Å². The van der Waals surface area contributed by atoms with Crippen LogP contribution >= 0.6 is 11.3 Å². The molecule has 0 aromatic carbocycles. The first-order valence-corrected chi connectivity index (χ1v) is 8.08. The van der Waals surface area contributed by atoms with E-state index in [1.807, 2.05) is 40.0 Å². The first-order chi connectivity index (χ1) is 10.3. The van der Waals surface area contributed by atoms with Crippen LogP contribution in [0.5, 0.6) is 0 Å². The van der Waals surface area contributed by atoms with Gasteiger partial charge in [-0.05, 0) is 27.7 Å². The van der Waals surface area contributed by atoms with Crippen LogP contribution in [0.3, 0.4) is 0 Å². The summed E-state index contributed by atoms with van der Waals surface area (Å²) in [5, 5.41) is 12.6. The molecule has 7 heteroatoms. The molecule has 0 bridgehead atoms. The molecule has 0 spiro atoms. The van der Waals surface area contributed by atoms with Crippen molar-refractivity contribution in [2.24, 2.45) is 0 Å². The molecule has 2 aromatic heterocycles. The van der Waals surface area contributed by atoms with Crippen LogP contribution in [-0.2, 0) is 5.54 Å². The van der Waals surface area contributed by atoms with Crippen molar-refractivity contribution in [2.75, 3.05) is 6.54 Å². The van der Waals surface area contributed by atoms with Crippen molar-refractivity contribution in [1.29, 1.82) is 0 Å². The van der Waals surface area contributed by atoms with E-state index in [4.69, 9.17) is 4.52 Å². The monoisotopic (exact) mass is 322 g/mol. The number of nitrogens with zero attached hydrogens (tertiary/aromatic N) is 2. The van der Waals surface area contributed by atoms with Gasteiger partial charge in [0.1, 0.15) is 10.8 Å². The van der Waals surface area contributed by atoms with E-state index in [1.165, 1.54) is 11.3 Å². The van der Waals surface area contributed by atoms with E-state index < -0.39 is 5.54 Å². The minimum absolute atomic E-state index is 0.139. The lowest BCUT2D eigenvalue weighted by Gasteiger charge is -2.24. The van der Waals surface area contributed by atoms with Crippen molar-refractivity contribution in [3.8, 4) is 0 Å². The van der Waals surface area contributed by atoms with Crippen LogP contribution in [0.1, 0.15) is 48.7 Å². The summed E-state index contributed by atoms with van der Waals surface area (Å²) >= 11 is 1.52. The third-order valence-electron chi connectivity index (χ3n) is 3.54. The largest absolute Gasteiger partial charge is 0.361 e. The molecule has 0 fully saturated rings. The second kappa shape index (κ2) is 6.48. The third-order valence-corrected chi connectivity index (χ3v) is 4.64. The summed E-state index contributed by atoms with van der Waals surface area (Å²) in [6.07, 6.45) is 1.74. The van der Waals surface area contributed by atoms with Crippen LogP contribution in [0, 0.1) is 13.8 Å². The van der Waals surface area contributed by atoms with Crippen LogP contribution < -0.4 is 10.6 Å². The molecule has 0 saturated heterocycles. The molecule has 2 N–H and O–H groups in total. The van der Waals surface area contributed by atoms with Gasteiger partial charge in [0.2, 0.25) is 0 Å². The highest BCUT2D eigenvalue weighted by atomic mass is 32.1. The lowest BCUT2D eigenvalue weighted by Crippen LogP contribution is -2.47. The minimum atomic E-state index is -0.496. The number of hydrogen-bond donors (Lipinski definition) is 2. The smallest absolute Gasteiger partial charge is 0.315 e. The minimum Gasteiger partial charge on any atom is -0.361 e. The summed E-state index contributed by atoms with van der Waals surface area (Å²) in [5.74, 6) is 0.940. The highest BCUT2D eigenvalue weighted by Crippen LogP contribution is 2.23. The highest BCUT2D eigenvalue weighted by Gasteiger charge is 2.26. The molecule has 0 unspecified atom stereocenters. The molecule has 0 aliphatic heterocycles. The van der Waals surface area contributed by atoms with Gasteiger partial charge in [-0.1, -0.05) is 12.1 Å². The van der Waals surface area contributed by atoms with E-state index in [9.17, 15) is 4.79 Å². The van der Waals surface area contributed by atoms with Crippen molar-refractivity contribution in [2.45, 2.75) is 46.1 Å². The van der Waals surface area contributed by atoms with E-state index in [-0.39, 0.29) is 11.9 Å². The molecule has 0 aliphatic carbocycles. The molecule has 0 aliphatic rings. The molecule has 22 heavy (non-hydrogen) atoms. The summed E-state index contributed by atoms with van der Waals surface area (Å²) < 4.78 is 5.17. The second-order valence-electron chi connectivity index (χ2n) is 5.94. The summed E-state index contributed by atoms with van der Waals surface area (Å²) in [7, 11) is 0. The Balaban J connectivity index is 1.91. The number of carbonyl (C=O) groups is 1. The van der Waals surface area contributed by atoms with Gasteiger partial charge in [0.25, 0.3) is 0 Å². The number of thiazole rings is 1. The number of aromatic nitrogens is 2. The summed E-state index contributed by atoms with van der Waals surface area (Å²) in [6.45, 7) is 10.2. The first-order valence-electron chi connectivity index (χ1n) is 7.20. The fourth-order valence-corrected chi connectivity index (χ4v) is 3.17. The number of nitrogens with one attached hydrogen (secondary N) is 2. The lowest BCUT2D eigenvalue weighted by molar-refractivity contribution is 0.229. The highest BCUT2D eigenvalue weighted by molar-refractivity contribution is 7.09. The van der Waals surface area contributed by atoms with Crippen molar-refractivity contribution in [3.05, 3.63) is 33.6 Å². The van der Waals surface area contributed by atoms with E-state index in [0.29, 0.717) is 6.54 Å². The molecule has 2 heterocycles. The predicted octanol–water partition coefficient (Wildman–Crippen LogP) is 3.09. The molecule has 0 radical (unpaired) electrons. The quantitative estimate of drug-likeness (QED) is 0.886. The van der Waals surface area contributed by atoms with E-state index in [1.54, 1.807) is 6.20 Å². The van der Waals surface area contributed by atoms with Crippen LogP contribution in [0.2, 0.25) is 0 Å². The molecule has 2 aromatic rings.